The smallest absolute Gasteiger partial charge is 0.232 e. The van der Waals surface area contributed by atoms with Crippen LogP contribution >= 0.6 is 12.2 Å². The SMILES string of the molecule is CC1CCCCN1c1cc(N2CCCC2)nc(NC(=S)NCc2ccc(F)cc2)n1. The summed E-state index contributed by atoms with van der Waals surface area (Å²) in [7, 11) is 0. The second kappa shape index (κ2) is 9.55. The number of rotatable bonds is 5. The summed E-state index contributed by atoms with van der Waals surface area (Å²) in [6.45, 7) is 5.84. The third-order valence-corrected chi connectivity index (χ3v) is 6.06. The van der Waals surface area contributed by atoms with E-state index in [0.717, 1.165) is 36.8 Å². The van der Waals surface area contributed by atoms with E-state index in [9.17, 15) is 4.39 Å². The molecule has 0 bridgehead atoms. The van der Waals surface area contributed by atoms with E-state index in [1.165, 1.54) is 44.2 Å². The molecule has 1 atom stereocenters. The van der Waals surface area contributed by atoms with Crippen molar-refractivity contribution in [2.24, 2.45) is 0 Å². The molecule has 3 heterocycles. The van der Waals surface area contributed by atoms with Crippen LogP contribution in [0.5, 0.6) is 0 Å². The minimum absolute atomic E-state index is 0.244. The first kappa shape index (κ1) is 20.8. The van der Waals surface area contributed by atoms with E-state index in [4.69, 9.17) is 22.2 Å². The lowest BCUT2D eigenvalue weighted by molar-refractivity contribution is 0.481. The van der Waals surface area contributed by atoms with Gasteiger partial charge < -0.3 is 20.4 Å². The molecule has 2 aromatic rings. The number of aromatic nitrogens is 2. The number of benzene rings is 1. The van der Waals surface area contributed by atoms with Crippen molar-refractivity contribution in [2.75, 3.05) is 34.8 Å². The van der Waals surface area contributed by atoms with E-state index in [0.29, 0.717) is 23.6 Å². The maximum atomic E-state index is 13.1. The lowest BCUT2D eigenvalue weighted by Gasteiger charge is -2.35. The summed E-state index contributed by atoms with van der Waals surface area (Å²) in [5, 5.41) is 6.76. The van der Waals surface area contributed by atoms with E-state index >= 15 is 0 Å². The molecule has 0 spiro atoms. The van der Waals surface area contributed by atoms with Crippen molar-refractivity contribution in [3.8, 4) is 0 Å². The Morgan fingerprint density at radius 2 is 1.77 bits per heavy atom. The Morgan fingerprint density at radius 3 is 2.50 bits per heavy atom. The molecule has 1 aromatic heterocycles. The van der Waals surface area contributed by atoms with Gasteiger partial charge in [-0.05, 0) is 68.9 Å². The van der Waals surface area contributed by atoms with Gasteiger partial charge in [0.15, 0.2) is 5.11 Å². The fraction of sp³-hybridized carbons (Fsp3) is 0.500. The predicted octanol–water partition coefficient (Wildman–Crippen LogP) is 4.08. The van der Waals surface area contributed by atoms with Crippen LogP contribution in [0.3, 0.4) is 0 Å². The molecule has 2 N–H and O–H groups in total. The topological polar surface area (TPSA) is 56.3 Å². The Labute approximate surface area is 182 Å². The average Bonchev–Trinajstić information content (AvgIpc) is 3.28. The Morgan fingerprint density at radius 1 is 1.07 bits per heavy atom. The maximum Gasteiger partial charge on any atom is 0.232 e. The van der Waals surface area contributed by atoms with Gasteiger partial charge in [-0.3, -0.25) is 0 Å². The van der Waals surface area contributed by atoms with Crippen molar-refractivity contribution < 1.29 is 4.39 Å². The van der Waals surface area contributed by atoms with Gasteiger partial charge in [-0.2, -0.15) is 9.97 Å². The fourth-order valence-electron chi connectivity index (χ4n) is 4.10. The summed E-state index contributed by atoms with van der Waals surface area (Å²) in [4.78, 5) is 14.2. The van der Waals surface area contributed by atoms with Crippen molar-refractivity contribution in [1.29, 1.82) is 0 Å². The van der Waals surface area contributed by atoms with Crippen molar-refractivity contribution in [3.63, 3.8) is 0 Å². The monoisotopic (exact) mass is 428 g/mol. The fourth-order valence-corrected chi connectivity index (χ4v) is 4.27. The standard InChI is InChI=1S/C22H29FN6S/c1-16-6-2-3-13-29(16)20-14-19(28-11-4-5-12-28)25-21(26-20)27-22(30)24-15-17-7-9-18(23)10-8-17/h7-10,14,16H,2-6,11-13,15H2,1H3,(H2,24,25,26,27,30). The molecule has 4 rings (SSSR count). The van der Waals surface area contributed by atoms with Crippen molar-refractivity contribution >= 4 is 34.9 Å². The molecule has 1 unspecified atom stereocenters. The highest BCUT2D eigenvalue weighted by Gasteiger charge is 2.23. The third kappa shape index (κ3) is 5.16. The number of halogens is 1. The number of thiocarbonyl (C=S) groups is 1. The highest BCUT2D eigenvalue weighted by Crippen LogP contribution is 2.28. The van der Waals surface area contributed by atoms with E-state index in [1.807, 2.05) is 0 Å². The largest absolute Gasteiger partial charge is 0.358 e. The van der Waals surface area contributed by atoms with Crippen LogP contribution in [0.25, 0.3) is 0 Å². The van der Waals surface area contributed by atoms with E-state index < -0.39 is 0 Å². The predicted molar refractivity (Wildman–Crippen MR) is 124 cm³/mol. The maximum absolute atomic E-state index is 13.1. The van der Waals surface area contributed by atoms with E-state index in [1.54, 1.807) is 12.1 Å². The van der Waals surface area contributed by atoms with Gasteiger partial charge in [-0.1, -0.05) is 12.1 Å². The molecule has 0 aliphatic carbocycles. The molecular formula is C22H29FN6S. The summed E-state index contributed by atoms with van der Waals surface area (Å²) in [5.41, 5.74) is 0.954. The number of hydrogen-bond acceptors (Lipinski definition) is 5. The molecule has 8 heteroatoms. The van der Waals surface area contributed by atoms with Gasteiger partial charge in [0, 0.05) is 38.3 Å². The lowest BCUT2D eigenvalue weighted by Crippen LogP contribution is -2.38. The Balaban J connectivity index is 1.49. The van der Waals surface area contributed by atoms with Crippen LogP contribution in [-0.4, -0.2) is 40.8 Å². The molecule has 6 nitrogen and oxygen atoms in total. The van der Waals surface area contributed by atoms with Crippen molar-refractivity contribution in [3.05, 3.63) is 41.7 Å². The molecule has 0 amide bonds. The summed E-state index contributed by atoms with van der Waals surface area (Å²) in [5.74, 6) is 2.19. The Bertz CT molecular complexity index is 868. The van der Waals surface area contributed by atoms with Crippen LogP contribution in [0, 0.1) is 5.82 Å². The second-order valence-corrected chi connectivity index (χ2v) is 8.48. The van der Waals surface area contributed by atoms with Crippen LogP contribution < -0.4 is 20.4 Å². The highest BCUT2D eigenvalue weighted by molar-refractivity contribution is 7.80. The molecule has 2 aliphatic heterocycles. The first-order valence-electron chi connectivity index (χ1n) is 10.8. The van der Waals surface area contributed by atoms with Gasteiger partial charge in [0.05, 0.1) is 0 Å². The highest BCUT2D eigenvalue weighted by atomic mass is 32.1. The normalized spacial score (nSPS) is 19.1. The summed E-state index contributed by atoms with van der Waals surface area (Å²) in [6, 6.07) is 8.96. The third-order valence-electron chi connectivity index (χ3n) is 5.82. The second-order valence-electron chi connectivity index (χ2n) is 8.07. The first-order valence-corrected chi connectivity index (χ1v) is 11.2. The van der Waals surface area contributed by atoms with E-state index in [-0.39, 0.29) is 5.82 Å². The molecular weight excluding hydrogens is 399 g/mol. The molecule has 1 aromatic carbocycles. The van der Waals surface area contributed by atoms with Gasteiger partial charge in [-0.25, -0.2) is 4.39 Å². The Kier molecular flexibility index (Phi) is 6.62. The van der Waals surface area contributed by atoms with Gasteiger partial charge in [-0.15, -0.1) is 0 Å². The number of nitrogens with zero attached hydrogens (tertiary/aromatic N) is 4. The number of nitrogens with one attached hydrogen (secondary N) is 2. The summed E-state index contributed by atoms with van der Waals surface area (Å²) in [6.07, 6.45) is 6.03. The zero-order chi connectivity index (χ0) is 20.9. The van der Waals surface area contributed by atoms with Crippen LogP contribution in [-0.2, 0) is 6.54 Å². The van der Waals surface area contributed by atoms with Gasteiger partial charge in [0.1, 0.15) is 17.5 Å². The molecule has 30 heavy (non-hydrogen) atoms. The molecule has 0 saturated carbocycles. The van der Waals surface area contributed by atoms with Crippen molar-refractivity contribution in [2.45, 2.75) is 51.6 Å². The molecule has 2 aliphatic rings. The van der Waals surface area contributed by atoms with Crippen LogP contribution in [0.2, 0.25) is 0 Å². The zero-order valence-electron chi connectivity index (χ0n) is 17.4. The molecule has 160 valence electrons. The molecule has 2 saturated heterocycles. The quantitative estimate of drug-likeness (QED) is 0.696. The molecule has 2 fully saturated rings. The summed E-state index contributed by atoms with van der Waals surface area (Å²) >= 11 is 5.46. The van der Waals surface area contributed by atoms with Crippen molar-refractivity contribution in [1.82, 2.24) is 15.3 Å². The number of anilines is 3. The van der Waals surface area contributed by atoms with Gasteiger partial charge in [0.25, 0.3) is 0 Å². The Hall–Kier alpha value is -2.48. The number of hydrogen-bond donors (Lipinski definition) is 2. The minimum atomic E-state index is -0.244. The summed E-state index contributed by atoms with van der Waals surface area (Å²) < 4.78 is 13.1. The first-order chi connectivity index (χ1) is 14.6. The van der Waals surface area contributed by atoms with E-state index in [2.05, 4.69) is 33.4 Å². The lowest BCUT2D eigenvalue weighted by atomic mass is 10.0. The minimum Gasteiger partial charge on any atom is -0.358 e. The van der Waals surface area contributed by atoms with Gasteiger partial charge >= 0.3 is 0 Å². The average molecular weight is 429 g/mol. The number of piperidine rings is 1. The van der Waals surface area contributed by atoms with Crippen LogP contribution in [0.1, 0.15) is 44.6 Å². The van der Waals surface area contributed by atoms with Crippen LogP contribution in [0.15, 0.2) is 30.3 Å². The van der Waals surface area contributed by atoms with Crippen LogP contribution in [0.4, 0.5) is 22.0 Å². The van der Waals surface area contributed by atoms with Gasteiger partial charge in [0.2, 0.25) is 5.95 Å². The molecule has 0 radical (unpaired) electrons. The zero-order valence-corrected chi connectivity index (χ0v) is 18.2.